The van der Waals surface area contributed by atoms with Crippen LogP contribution in [-0.2, 0) is 9.05 Å². The van der Waals surface area contributed by atoms with E-state index in [-0.39, 0.29) is 9.92 Å². The Hall–Kier alpha value is -1.83. The quantitative estimate of drug-likeness (QED) is 0.835. The van der Waals surface area contributed by atoms with Gasteiger partial charge in [-0.25, -0.2) is 18.2 Å². The van der Waals surface area contributed by atoms with Crippen molar-refractivity contribution in [1.82, 2.24) is 4.98 Å². The molecule has 0 saturated heterocycles. The third kappa shape index (κ3) is 4.32. The molecule has 0 spiro atoms. The van der Waals surface area contributed by atoms with Crippen molar-refractivity contribution in [2.24, 2.45) is 0 Å². The number of carbonyl (C=O) groups is 1. The van der Waals surface area contributed by atoms with Crippen LogP contribution in [0.4, 0.5) is 16.3 Å². The lowest BCUT2D eigenvalue weighted by molar-refractivity contribution is 0.262. The third-order valence-corrected chi connectivity index (χ3v) is 4.16. The number of pyridine rings is 1. The lowest BCUT2D eigenvalue weighted by Gasteiger charge is -2.08. The molecule has 0 unspecified atom stereocenters. The second kappa shape index (κ2) is 6.30. The second-order valence-corrected chi connectivity index (χ2v) is 6.82. The van der Waals surface area contributed by atoms with Crippen LogP contribution in [0.15, 0.2) is 47.5 Å². The van der Waals surface area contributed by atoms with E-state index < -0.39 is 15.1 Å². The minimum absolute atomic E-state index is 0.0827. The molecule has 0 aliphatic heterocycles. The Kier molecular flexibility index (Phi) is 4.66. The van der Waals surface area contributed by atoms with Crippen molar-refractivity contribution in [3.05, 3.63) is 47.6 Å². The topological polar surface area (TPSA) is 88.2 Å². The Morgan fingerprint density at radius 1 is 1.14 bits per heavy atom. The number of hydrogen-bond donors (Lipinski definition) is 2. The summed E-state index contributed by atoms with van der Waals surface area (Å²) in [4.78, 5) is 15.4. The molecular formula is C12H9Cl2N3O3S. The van der Waals surface area contributed by atoms with Crippen LogP contribution in [0.3, 0.4) is 0 Å². The fraction of sp³-hybridized carbons (Fsp3) is 0. The Morgan fingerprint density at radius 2 is 1.90 bits per heavy atom. The molecule has 6 nitrogen and oxygen atoms in total. The molecule has 0 aliphatic carbocycles. The van der Waals surface area contributed by atoms with Crippen LogP contribution in [-0.4, -0.2) is 19.4 Å². The van der Waals surface area contributed by atoms with Crippen LogP contribution >= 0.6 is 22.3 Å². The smallest absolute Gasteiger partial charge is 0.308 e. The lowest BCUT2D eigenvalue weighted by Crippen LogP contribution is -2.20. The van der Waals surface area contributed by atoms with Gasteiger partial charge in [0.1, 0.15) is 10.7 Å². The van der Waals surface area contributed by atoms with Crippen LogP contribution in [0.25, 0.3) is 0 Å². The molecule has 1 heterocycles. The maximum Gasteiger partial charge on any atom is 0.324 e. The standard InChI is InChI=1S/C12H9Cl2N3O3S/c13-9-7-8(4-5-10(9)21(14,19)20)16-12(18)17-11-3-1-2-6-15-11/h1-7H,(H2,15,16,17,18). The fourth-order valence-corrected chi connectivity index (χ4v) is 3.02. The maximum absolute atomic E-state index is 11.7. The average Bonchev–Trinajstić information content (AvgIpc) is 2.38. The van der Waals surface area contributed by atoms with Gasteiger partial charge in [-0.05, 0) is 30.3 Å². The zero-order valence-corrected chi connectivity index (χ0v) is 12.7. The van der Waals surface area contributed by atoms with Gasteiger partial charge in [0.05, 0.1) is 5.02 Å². The largest absolute Gasteiger partial charge is 0.324 e. The Balaban J connectivity index is 2.10. The van der Waals surface area contributed by atoms with Crippen molar-refractivity contribution < 1.29 is 13.2 Å². The van der Waals surface area contributed by atoms with E-state index in [0.29, 0.717) is 11.5 Å². The number of benzene rings is 1. The van der Waals surface area contributed by atoms with Crippen LogP contribution in [0.1, 0.15) is 0 Å². The van der Waals surface area contributed by atoms with Crippen molar-refractivity contribution in [1.29, 1.82) is 0 Å². The van der Waals surface area contributed by atoms with Gasteiger partial charge in [-0.3, -0.25) is 5.32 Å². The zero-order chi connectivity index (χ0) is 15.5. The number of amides is 2. The fourth-order valence-electron chi connectivity index (χ4n) is 1.49. The van der Waals surface area contributed by atoms with Gasteiger partial charge in [0.25, 0.3) is 9.05 Å². The molecule has 2 aromatic rings. The average molecular weight is 346 g/mol. The first-order chi connectivity index (χ1) is 9.86. The van der Waals surface area contributed by atoms with Crippen molar-refractivity contribution in [3.63, 3.8) is 0 Å². The number of carbonyl (C=O) groups excluding carboxylic acids is 1. The summed E-state index contributed by atoms with van der Waals surface area (Å²) in [6.07, 6.45) is 1.53. The summed E-state index contributed by atoms with van der Waals surface area (Å²) in [5.41, 5.74) is 0.317. The van der Waals surface area contributed by atoms with Gasteiger partial charge >= 0.3 is 6.03 Å². The summed E-state index contributed by atoms with van der Waals surface area (Å²) in [5, 5.41) is 4.92. The zero-order valence-electron chi connectivity index (χ0n) is 10.4. The number of rotatable bonds is 3. The normalized spacial score (nSPS) is 11.0. The van der Waals surface area contributed by atoms with E-state index in [9.17, 15) is 13.2 Å². The molecule has 2 amide bonds. The molecule has 1 aromatic carbocycles. The number of halogens is 2. The highest BCUT2D eigenvalue weighted by Crippen LogP contribution is 2.27. The van der Waals surface area contributed by atoms with Gasteiger partial charge < -0.3 is 5.32 Å². The Morgan fingerprint density at radius 3 is 2.48 bits per heavy atom. The van der Waals surface area contributed by atoms with Crippen molar-refractivity contribution in [2.45, 2.75) is 4.90 Å². The summed E-state index contributed by atoms with van der Waals surface area (Å²) < 4.78 is 22.4. The van der Waals surface area contributed by atoms with Gasteiger partial charge in [0.2, 0.25) is 0 Å². The first-order valence-corrected chi connectivity index (χ1v) is 8.28. The highest BCUT2D eigenvalue weighted by molar-refractivity contribution is 8.13. The summed E-state index contributed by atoms with van der Waals surface area (Å²) in [6, 6.07) is 8.39. The number of nitrogens with one attached hydrogen (secondary N) is 2. The molecule has 0 bridgehead atoms. The number of aromatic nitrogens is 1. The van der Waals surface area contributed by atoms with Crippen molar-refractivity contribution >= 4 is 48.9 Å². The number of nitrogens with zero attached hydrogens (tertiary/aromatic N) is 1. The molecule has 0 atom stereocenters. The van der Waals surface area contributed by atoms with Gasteiger partial charge in [-0.2, -0.15) is 0 Å². The third-order valence-electron chi connectivity index (χ3n) is 2.36. The molecule has 9 heteroatoms. The van der Waals surface area contributed by atoms with Crippen LogP contribution in [0.2, 0.25) is 5.02 Å². The van der Waals surface area contributed by atoms with Gasteiger partial charge in [0.15, 0.2) is 0 Å². The van der Waals surface area contributed by atoms with E-state index in [1.165, 1.54) is 24.4 Å². The molecule has 1 aromatic heterocycles. The molecule has 2 rings (SSSR count). The monoisotopic (exact) mass is 345 g/mol. The molecule has 110 valence electrons. The van der Waals surface area contributed by atoms with Crippen molar-refractivity contribution in [2.75, 3.05) is 10.6 Å². The van der Waals surface area contributed by atoms with E-state index in [4.69, 9.17) is 22.3 Å². The van der Waals surface area contributed by atoms with E-state index in [1.807, 2.05) is 0 Å². The van der Waals surface area contributed by atoms with Crippen molar-refractivity contribution in [3.8, 4) is 0 Å². The molecular weight excluding hydrogens is 337 g/mol. The van der Waals surface area contributed by atoms with Crippen LogP contribution in [0.5, 0.6) is 0 Å². The Bertz CT molecular complexity index is 767. The highest BCUT2D eigenvalue weighted by Gasteiger charge is 2.15. The van der Waals surface area contributed by atoms with Gasteiger partial charge in [-0.15, -0.1) is 0 Å². The van der Waals surface area contributed by atoms with Gasteiger partial charge in [-0.1, -0.05) is 17.7 Å². The second-order valence-electron chi connectivity index (χ2n) is 3.88. The summed E-state index contributed by atoms with van der Waals surface area (Å²) >= 11 is 5.81. The number of urea groups is 1. The predicted octanol–water partition coefficient (Wildman–Crippen LogP) is 3.31. The number of anilines is 2. The molecule has 0 aliphatic rings. The molecule has 21 heavy (non-hydrogen) atoms. The SMILES string of the molecule is O=C(Nc1ccc(S(=O)(=O)Cl)c(Cl)c1)Nc1ccccn1. The summed E-state index contributed by atoms with van der Waals surface area (Å²) in [5.74, 6) is 0.376. The first-order valence-electron chi connectivity index (χ1n) is 5.59. The van der Waals surface area contributed by atoms with E-state index >= 15 is 0 Å². The highest BCUT2D eigenvalue weighted by atomic mass is 35.7. The van der Waals surface area contributed by atoms with E-state index in [0.717, 1.165) is 0 Å². The van der Waals surface area contributed by atoms with E-state index in [2.05, 4.69) is 15.6 Å². The van der Waals surface area contributed by atoms with E-state index in [1.54, 1.807) is 18.2 Å². The molecule has 0 fully saturated rings. The number of hydrogen-bond acceptors (Lipinski definition) is 4. The first kappa shape index (κ1) is 15.6. The molecule has 0 radical (unpaired) electrons. The van der Waals surface area contributed by atoms with Crippen LogP contribution in [0, 0.1) is 0 Å². The predicted molar refractivity (Wildman–Crippen MR) is 81.4 cm³/mol. The molecule has 0 saturated carbocycles. The minimum atomic E-state index is -3.93. The minimum Gasteiger partial charge on any atom is -0.308 e. The lowest BCUT2D eigenvalue weighted by atomic mass is 10.3. The van der Waals surface area contributed by atoms with Crippen LogP contribution < -0.4 is 10.6 Å². The summed E-state index contributed by atoms with van der Waals surface area (Å²) in [6.45, 7) is 0. The summed E-state index contributed by atoms with van der Waals surface area (Å²) in [7, 11) is 1.28. The van der Waals surface area contributed by atoms with Gasteiger partial charge in [0, 0.05) is 22.6 Å². The Labute approximate surface area is 130 Å². The maximum atomic E-state index is 11.7. The molecule has 2 N–H and O–H groups in total.